The zero-order valence-electron chi connectivity index (χ0n) is 15.5. The number of unbranched alkanes of at least 4 members (excludes halogenated alkanes) is 6. The fourth-order valence-electron chi connectivity index (χ4n) is 4.37. The van der Waals surface area contributed by atoms with Crippen molar-refractivity contribution < 1.29 is 4.74 Å². The highest BCUT2D eigenvalue weighted by Gasteiger charge is 2.54. The molecule has 2 atom stereocenters. The van der Waals surface area contributed by atoms with Crippen molar-refractivity contribution >= 4 is 31.9 Å². The molecular formula is C22H30Br2O. The van der Waals surface area contributed by atoms with Crippen molar-refractivity contribution in [2.75, 3.05) is 0 Å². The number of hydrogen-bond acceptors (Lipinski definition) is 1. The lowest BCUT2D eigenvalue weighted by atomic mass is 9.78. The molecule has 3 rings (SSSR count). The summed E-state index contributed by atoms with van der Waals surface area (Å²) in [6, 6.07) is 4.58. The summed E-state index contributed by atoms with van der Waals surface area (Å²) in [6.07, 6.45) is 17.2. The van der Waals surface area contributed by atoms with Crippen LogP contribution in [0.5, 0.6) is 0 Å². The van der Waals surface area contributed by atoms with Crippen LogP contribution in [0.15, 0.2) is 33.2 Å². The second-order valence-electron chi connectivity index (χ2n) is 7.65. The lowest BCUT2D eigenvalue weighted by Gasteiger charge is -2.26. The van der Waals surface area contributed by atoms with Crippen LogP contribution in [0.25, 0.3) is 0 Å². The molecule has 0 aliphatic carbocycles. The Kier molecular flexibility index (Phi) is 6.50. The minimum atomic E-state index is -0.197. The van der Waals surface area contributed by atoms with E-state index in [-0.39, 0.29) is 11.2 Å². The van der Waals surface area contributed by atoms with E-state index < -0.39 is 0 Å². The van der Waals surface area contributed by atoms with Gasteiger partial charge in [0.1, 0.15) is 11.2 Å². The number of ether oxygens (including phenoxy) is 1. The first kappa shape index (κ1) is 19.6. The van der Waals surface area contributed by atoms with Crippen LogP contribution in [0.3, 0.4) is 0 Å². The average molecular weight is 470 g/mol. The maximum Gasteiger partial charge on any atom is 0.113 e. The van der Waals surface area contributed by atoms with Crippen LogP contribution >= 0.6 is 31.9 Å². The molecule has 0 radical (unpaired) electrons. The number of hydrogen-bond donors (Lipinski definition) is 0. The van der Waals surface area contributed by atoms with E-state index in [1.54, 1.807) is 0 Å². The maximum atomic E-state index is 6.84. The minimum absolute atomic E-state index is 0.197. The molecule has 0 amide bonds. The van der Waals surface area contributed by atoms with Crippen molar-refractivity contribution in [3.05, 3.63) is 44.4 Å². The molecule has 0 saturated carbocycles. The Labute approximate surface area is 169 Å². The van der Waals surface area contributed by atoms with Crippen molar-refractivity contribution in [3.63, 3.8) is 0 Å². The summed E-state index contributed by atoms with van der Waals surface area (Å²) >= 11 is 7.40. The number of fused-ring (bicyclic) bond motifs is 5. The predicted molar refractivity (Wildman–Crippen MR) is 113 cm³/mol. The molecule has 138 valence electrons. The van der Waals surface area contributed by atoms with E-state index in [0.29, 0.717) is 0 Å². The number of halogens is 2. The summed E-state index contributed by atoms with van der Waals surface area (Å²) in [5, 5.41) is 0. The summed E-state index contributed by atoms with van der Waals surface area (Å²) in [7, 11) is 0. The standard InChI is InChI=1S/C22H30Br2O/c1-3-5-7-9-11-21-13-14-22(25-21,12-10-8-6-4-2)18-16-20(24)19(23)15-17(18)21/h13-16H,3-12H2,1-2H3. The van der Waals surface area contributed by atoms with E-state index in [4.69, 9.17) is 4.74 Å². The zero-order valence-corrected chi connectivity index (χ0v) is 18.7. The molecule has 2 bridgehead atoms. The Bertz CT molecular complexity index is 586. The van der Waals surface area contributed by atoms with Gasteiger partial charge >= 0.3 is 0 Å². The van der Waals surface area contributed by atoms with Gasteiger partial charge in [-0.2, -0.15) is 0 Å². The van der Waals surface area contributed by atoms with E-state index in [0.717, 1.165) is 21.8 Å². The monoisotopic (exact) mass is 468 g/mol. The first-order valence-electron chi connectivity index (χ1n) is 9.97. The van der Waals surface area contributed by atoms with Crippen LogP contribution in [0, 0.1) is 0 Å². The largest absolute Gasteiger partial charge is 0.351 e. The second-order valence-corrected chi connectivity index (χ2v) is 9.36. The first-order chi connectivity index (χ1) is 12.1. The minimum Gasteiger partial charge on any atom is -0.351 e. The van der Waals surface area contributed by atoms with E-state index in [2.05, 4.69) is 70.0 Å². The highest BCUT2D eigenvalue weighted by Crippen LogP contribution is 2.59. The summed E-state index contributed by atoms with van der Waals surface area (Å²) in [5.41, 5.74) is 2.38. The fraction of sp³-hybridized carbons (Fsp3) is 0.636. The molecule has 0 aromatic heterocycles. The van der Waals surface area contributed by atoms with Crippen molar-refractivity contribution in [3.8, 4) is 0 Å². The summed E-state index contributed by atoms with van der Waals surface area (Å²) in [5.74, 6) is 0. The molecule has 0 spiro atoms. The predicted octanol–water partition coefficient (Wildman–Crippen LogP) is 8.14. The Morgan fingerprint density at radius 2 is 1.16 bits per heavy atom. The Balaban J connectivity index is 1.84. The molecule has 0 saturated heterocycles. The normalized spacial score (nSPS) is 26.4. The van der Waals surface area contributed by atoms with Crippen LogP contribution < -0.4 is 0 Å². The molecule has 1 aromatic rings. The second kappa shape index (κ2) is 8.27. The van der Waals surface area contributed by atoms with Crippen LogP contribution in [0.4, 0.5) is 0 Å². The molecule has 1 aromatic carbocycles. The lowest BCUT2D eigenvalue weighted by molar-refractivity contribution is -0.0807. The maximum absolute atomic E-state index is 6.84. The van der Waals surface area contributed by atoms with Gasteiger partial charge in [-0.15, -0.1) is 0 Å². The third-order valence-electron chi connectivity index (χ3n) is 5.76. The number of rotatable bonds is 10. The fourth-order valence-corrected chi connectivity index (χ4v) is 5.05. The van der Waals surface area contributed by atoms with Crippen LogP contribution in [0.1, 0.15) is 89.2 Å². The molecule has 2 unspecified atom stereocenters. The highest BCUT2D eigenvalue weighted by molar-refractivity contribution is 9.13. The van der Waals surface area contributed by atoms with Crippen molar-refractivity contribution in [1.82, 2.24) is 0 Å². The van der Waals surface area contributed by atoms with E-state index in [9.17, 15) is 0 Å². The van der Waals surface area contributed by atoms with Gasteiger partial charge in [0.15, 0.2) is 0 Å². The molecule has 3 heteroatoms. The molecule has 0 fully saturated rings. The third-order valence-corrected chi connectivity index (χ3v) is 7.61. The average Bonchev–Trinajstić information content (AvgIpc) is 3.09. The molecule has 25 heavy (non-hydrogen) atoms. The van der Waals surface area contributed by atoms with Crippen molar-refractivity contribution in [2.24, 2.45) is 0 Å². The quantitative estimate of drug-likeness (QED) is 0.248. The molecular weight excluding hydrogens is 440 g/mol. The van der Waals surface area contributed by atoms with Crippen LogP contribution in [-0.2, 0) is 15.9 Å². The summed E-state index contributed by atoms with van der Waals surface area (Å²) in [4.78, 5) is 0. The first-order valence-corrected chi connectivity index (χ1v) is 11.6. The van der Waals surface area contributed by atoms with Crippen LogP contribution in [-0.4, -0.2) is 0 Å². The highest BCUT2D eigenvalue weighted by atomic mass is 79.9. The summed E-state index contributed by atoms with van der Waals surface area (Å²) < 4.78 is 9.09. The van der Waals surface area contributed by atoms with Gasteiger partial charge in [-0.1, -0.05) is 52.4 Å². The Morgan fingerprint density at radius 3 is 1.56 bits per heavy atom. The van der Waals surface area contributed by atoms with Gasteiger partial charge in [-0.05, 0) is 93.0 Å². The van der Waals surface area contributed by atoms with Crippen molar-refractivity contribution in [2.45, 2.75) is 89.3 Å². The smallest absolute Gasteiger partial charge is 0.113 e. The van der Waals surface area contributed by atoms with E-state index >= 15 is 0 Å². The third kappa shape index (κ3) is 3.80. The van der Waals surface area contributed by atoms with Gasteiger partial charge in [0, 0.05) is 8.95 Å². The van der Waals surface area contributed by atoms with Gasteiger partial charge in [-0.25, -0.2) is 0 Å². The molecule has 0 N–H and O–H groups in total. The SMILES string of the molecule is CCCCCCC12C=CC(CCCCCC)(O1)c1cc(Br)c(Br)cc12. The Morgan fingerprint density at radius 1 is 0.720 bits per heavy atom. The van der Waals surface area contributed by atoms with Gasteiger partial charge < -0.3 is 4.74 Å². The lowest BCUT2D eigenvalue weighted by Crippen LogP contribution is -2.23. The van der Waals surface area contributed by atoms with Crippen LogP contribution in [0.2, 0.25) is 0 Å². The van der Waals surface area contributed by atoms with E-state index in [1.165, 1.54) is 62.5 Å². The van der Waals surface area contributed by atoms with Crippen molar-refractivity contribution in [1.29, 1.82) is 0 Å². The Hall–Kier alpha value is -0.120. The molecule has 1 nitrogen and oxygen atoms in total. The topological polar surface area (TPSA) is 9.23 Å². The van der Waals surface area contributed by atoms with Gasteiger partial charge in [0.05, 0.1) is 0 Å². The molecule has 2 heterocycles. The van der Waals surface area contributed by atoms with Gasteiger partial charge in [0.25, 0.3) is 0 Å². The van der Waals surface area contributed by atoms with Gasteiger partial charge in [-0.3, -0.25) is 0 Å². The molecule has 2 aliphatic rings. The summed E-state index contributed by atoms with van der Waals surface area (Å²) in [6.45, 7) is 4.54. The van der Waals surface area contributed by atoms with E-state index in [1.807, 2.05) is 0 Å². The van der Waals surface area contributed by atoms with Gasteiger partial charge in [0.2, 0.25) is 0 Å². The molecule has 2 aliphatic heterocycles. The zero-order chi connectivity index (χ0) is 17.9. The number of benzene rings is 1.